The van der Waals surface area contributed by atoms with Gasteiger partial charge in [0.15, 0.2) is 0 Å². The van der Waals surface area contributed by atoms with E-state index in [0.29, 0.717) is 13.0 Å². The highest BCUT2D eigenvalue weighted by molar-refractivity contribution is 5.86. The third-order valence-electron chi connectivity index (χ3n) is 3.73. The van der Waals surface area contributed by atoms with Crippen molar-refractivity contribution >= 4 is 5.91 Å². The van der Waals surface area contributed by atoms with Crippen molar-refractivity contribution in [1.29, 1.82) is 0 Å². The van der Waals surface area contributed by atoms with Gasteiger partial charge >= 0.3 is 0 Å². The second kappa shape index (κ2) is 6.56. The number of rotatable bonds is 7. The molecule has 2 heterocycles. The molecule has 6 nitrogen and oxygen atoms in total. The molecule has 2 rings (SSSR count). The molecule has 1 aromatic heterocycles. The molecule has 1 atom stereocenters. The van der Waals surface area contributed by atoms with Gasteiger partial charge in [-0.25, -0.2) is 0 Å². The highest BCUT2D eigenvalue weighted by Crippen LogP contribution is 2.23. The van der Waals surface area contributed by atoms with Crippen molar-refractivity contribution in [3.8, 4) is 0 Å². The van der Waals surface area contributed by atoms with Crippen LogP contribution in [0.1, 0.15) is 31.4 Å². The van der Waals surface area contributed by atoms with Crippen LogP contribution >= 0.6 is 0 Å². The van der Waals surface area contributed by atoms with Gasteiger partial charge in [-0.2, -0.15) is 0 Å². The van der Waals surface area contributed by atoms with E-state index in [1.54, 1.807) is 12.1 Å². The molecule has 1 aliphatic rings. The van der Waals surface area contributed by atoms with E-state index in [4.69, 9.17) is 0 Å². The lowest BCUT2D eigenvalue weighted by atomic mass is 9.92. The molecule has 1 aliphatic heterocycles. The summed E-state index contributed by atoms with van der Waals surface area (Å²) < 4.78 is 0. The average Bonchev–Trinajstić information content (AvgIpc) is 3.05. The number of amides is 1. The first kappa shape index (κ1) is 14.6. The number of nitrogens with one attached hydrogen (secondary N) is 4. The monoisotopic (exact) mass is 278 g/mol. The Morgan fingerprint density at radius 3 is 2.95 bits per heavy atom. The number of aromatic nitrogens is 2. The Hall–Kier alpha value is -1.82. The Kier molecular flexibility index (Phi) is 4.79. The molecule has 1 aromatic rings. The molecule has 4 N–H and O–H groups in total. The van der Waals surface area contributed by atoms with Crippen molar-refractivity contribution in [2.75, 3.05) is 13.1 Å². The largest absolute Gasteiger partial charge is 0.354 e. The first-order valence-corrected chi connectivity index (χ1v) is 7.07. The fourth-order valence-electron chi connectivity index (χ4n) is 2.67. The van der Waals surface area contributed by atoms with E-state index in [-0.39, 0.29) is 11.5 Å². The molecule has 6 heteroatoms. The number of aryl methyl sites for hydroxylation is 1. The molecule has 1 amide bonds. The molecule has 20 heavy (non-hydrogen) atoms. The van der Waals surface area contributed by atoms with Gasteiger partial charge in [0.25, 0.3) is 5.56 Å². The van der Waals surface area contributed by atoms with Gasteiger partial charge in [0.2, 0.25) is 5.91 Å². The number of aromatic amines is 2. The molecule has 1 unspecified atom stereocenters. The lowest BCUT2D eigenvalue weighted by Gasteiger charge is -2.26. The first-order chi connectivity index (χ1) is 9.66. The van der Waals surface area contributed by atoms with Crippen LogP contribution in [-0.4, -0.2) is 34.7 Å². The number of carbonyl (C=O) groups excluding carboxylic acids is 1. The van der Waals surface area contributed by atoms with E-state index in [1.165, 1.54) is 0 Å². The maximum atomic E-state index is 12.3. The standard InChI is InChI=1S/C14H22N4O2/c1-2-6-14(7-4-9-16-14)13(20)15-8-3-5-11-10-12(19)18-17-11/h2,10,16H,1,3-9H2,(H,15,20)(H2,17,18,19). The minimum Gasteiger partial charge on any atom is -0.354 e. The SMILES string of the molecule is C=CCC1(C(=O)NCCCc2cc(=O)[nH][nH]2)CCCN1. The highest BCUT2D eigenvalue weighted by Gasteiger charge is 2.39. The second-order valence-electron chi connectivity index (χ2n) is 5.25. The van der Waals surface area contributed by atoms with Gasteiger partial charge < -0.3 is 15.7 Å². The summed E-state index contributed by atoms with van der Waals surface area (Å²) in [5.74, 6) is 0.0532. The molecular weight excluding hydrogens is 256 g/mol. The zero-order chi connectivity index (χ0) is 14.4. The highest BCUT2D eigenvalue weighted by atomic mass is 16.2. The summed E-state index contributed by atoms with van der Waals surface area (Å²) in [6, 6.07) is 1.54. The van der Waals surface area contributed by atoms with Crippen molar-refractivity contribution < 1.29 is 4.79 Å². The van der Waals surface area contributed by atoms with Crippen molar-refractivity contribution in [3.63, 3.8) is 0 Å². The summed E-state index contributed by atoms with van der Waals surface area (Å²) in [4.78, 5) is 23.2. The summed E-state index contributed by atoms with van der Waals surface area (Å²) in [6.07, 6.45) is 5.86. The second-order valence-corrected chi connectivity index (χ2v) is 5.25. The van der Waals surface area contributed by atoms with Crippen LogP contribution in [-0.2, 0) is 11.2 Å². The Bertz CT molecular complexity index is 511. The summed E-state index contributed by atoms with van der Waals surface area (Å²) in [5.41, 5.74) is 0.276. The number of hydrogen-bond donors (Lipinski definition) is 4. The van der Waals surface area contributed by atoms with Crippen LogP contribution in [0.15, 0.2) is 23.5 Å². The molecule has 0 spiro atoms. The predicted molar refractivity (Wildman–Crippen MR) is 77.5 cm³/mol. The topological polar surface area (TPSA) is 89.8 Å². The predicted octanol–water partition coefficient (Wildman–Crippen LogP) is 0.450. The van der Waals surface area contributed by atoms with Crippen LogP contribution in [0.5, 0.6) is 0 Å². The fraction of sp³-hybridized carbons (Fsp3) is 0.571. The third-order valence-corrected chi connectivity index (χ3v) is 3.73. The van der Waals surface area contributed by atoms with Crippen molar-refractivity contribution in [3.05, 3.63) is 34.8 Å². The van der Waals surface area contributed by atoms with E-state index in [1.807, 2.05) is 0 Å². The van der Waals surface area contributed by atoms with Gasteiger partial charge in [-0.3, -0.25) is 14.7 Å². The van der Waals surface area contributed by atoms with Gasteiger partial charge in [0.1, 0.15) is 5.54 Å². The summed E-state index contributed by atoms with van der Waals surface area (Å²) >= 11 is 0. The molecule has 0 aromatic carbocycles. The van der Waals surface area contributed by atoms with Gasteiger partial charge in [-0.1, -0.05) is 6.08 Å². The van der Waals surface area contributed by atoms with Crippen molar-refractivity contribution in [1.82, 2.24) is 20.8 Å². The number of carbonyl (C=O) groups is 1. The van der Waals surface area contributed by atoms with Crippen LogP contribution in [0, 0.1) is 0 Å². The molecule has 1 saturated heterocycles. The lowest BCUT2D eigenvalue weighted by molar-refractivity contribution is -0.127. The van der Waals surface area contributed by atoms with Gasteiger partial charge in [-0.15, -0.1) is 6.58 Å². The number of hydrogen-bond acceptors (Lipinski definition) is 3. The number of H-pyrrole nitrogens is 2. The average molecular weight is 278 g/mol. The summed E-state index contributed by atoms with van der Waals surface area (Å²) in [7, 11) is 0. The molecular formula is C14H22N4O2. The smallest absolute Gasteiger partial charge is 0.264 e. The van der Waals surface area contributed by atoms with Crippen LogP contribution in [0.25, 0.3) is 0 Å². The Morgan fingerprint density at radius 1 is 1.50 bits per heavy atom. The molecule has 110 valence electrons. The zero-order valence-electron chi connectivity index (χ0n) is 11.6. The van der Waals surface area contributed by atoms with Gasteiger partial charge in [0.05, 0.1) is 0 Å². The van der Waals surface area contributed by atoms with Crippen LogP contribution in [0.2, 0.25) is 0 Å². The molecule has 1 fully saturated rings. The van der Waals surface area contributed by atoms with Crippen LogP contribution in [0.4, 0.5) is 0 Å². The van der Waals surface area contributed by atoms with Gasteiger partial charge in [0, 0.05) is 18.3 Å². The fourth-order valence-corrected chi connectivity index (χ4v) is 2.67. The normalized spacial score (nSPS) is 21.8. The van der Waals surface area contributed by atoms with Crippen LogP contribution in [0.3, 0.4) is 0 Å². The quantitative estimate of drug-likeness (QED) is 0.431. The van der Waals surface area contributed by atoms with Crippen molar-refractivity contribution in [2.24, 2.45) is 0 Å². The van der Waals surface area contributed by atoms with E-state index < -0.39 is 5.54 Å². The minimum absolute atomic E-state index is 0.0532. The lowest BCUT2D eigenvalue weighted by Crippen LogP contribution is -2.53. The molecule has 0 bridgehead atoms. The third kappa shape index (κ3) is 3.39. The van der Waals surface area contributed by atoms with Crippen molar-refractivity contribution in [2.45, 2.75) is 37.6 Å². The molecule has 0 saturated carbocycles. The molecule has 0 radical (unpaired) electrons. The van der Waals surface area contributed by atoms with E-state index in [0.717, 1.165) is 37.9 Å². The minimum atomic E-state index is -0.468. The van der Waals surface area contributed by atoms with E-state index >= 15 is 0 Å². The maximum Gasteiger partial charge on any atom is 0.264 e. The Labute approximate surface area is 118 Å². The Balaban J connectivity index is 1.76. The Morgan fingerprint density at radius 2 is 2.35 bits per heavy atom. The summed E-state index contributed by atoms with van der Waals surface area (Å²) in [5, 5.41) is 11.6. The van der Waals surface area contributed by atoms with Crippen LogP contribution < -0.4 is 16.2 Å². The zero-order valence-corrected chi connectivity index (χ0v) is 11.6. The molecule has 0 aliphatic carbocycles. The maximum absolute atomic E-state index is 12.3. The van der Waals surface area contributed by atoms with E-state index in [2.05, 4.69) is 27.4 Å². The summed E-state index contributed by atoms with van der Waals surface area (Å²) in [6.45, 7) is 5.22. The first-order valence-electron chi connectivity index (χ1n) is 7.07. The van der Waals surface area contributed by atoms with E-state index in [9.17, 15) is 9.59 Å². The van der Waals surface area contributed by atoms with Gasteiger partial charge in [-0.05, 0) is 38.6 Å².